The molecule has 1 fully saturated rings. The summed E-state index contributed by atoms with van der Waals surface area (Å²) in [4.78, 5) is 2.04. The van der Waals surface area contributed by atoms with Gasteiger partial charge >= 0.3 is 0 Å². The Labute approximate surface area is 135 Å². The summed E-state index contributed by atoms with van der Waals surface area (Å²) in [6.07, 6.45) is -0.186. The number of benzene rings is 1. The van der Waals surface area contributed by atoms with Crippen LogP contribution in [0.1, 0.15) is 11.1 Å². The summed E-state index contributed by atoms with van der Waals surface area (Å²) in [5.41, 5.74) is 3.23. The Morgan fingerprint density at radius 1 is 1.26 bits per heavy atom. The lowest BCUT2D eigenvalue weighted by Gasteiger charge is -2.32. The topological polar surface area (TPSA) is 78.7 Å². The van der Waals surface area contributed by atoms with Crippen LogP contribution in [0.15, 0.2) is 24.3 Å². The summed E-state index contributed by atoms with van der Waals surface area (Å²) < 4.78 is 5.44. The Balaban J connectivity index is 1.85. The first-order valence-corrected chi connectivity index (χ1v) is 7.70. The number of hydrogen-bond donors (Lipinski definition) is 2. The van der Waals surface area contributed by atoms with Crippen molar-refractivity contribution in [3.63, 3.8) is 0 Å². The molecule has 0 spiro atoms. The first-order valence-electron chi connectivity index (χ1n) is 7.70. The fourth-order valence-corrected chi connectivity index (χ4v) is 2.83. The van der Waals surface area contributed by atoms with Gasteiger partial charge in [-0.3, -0.25) is 0 Å². The lowest BCUT2D eigenvalue weighted by molar-refractivity contribution is 0.00332. The van der Waals surface area contributed by atoms with Gasteiger partial charge in [0.05, 0.1) is 25.0 Å². The van der Waals surface area contributed by atoms with Crippen molar-refractivity contribution in [1.82, 2.24) is 10.2 Å². The normalized spacial score (nSPS) is 18.2. The van der Waals surface area contributed by atoms with Crippen LogP contribution >= 0.6 is 0 Å². The zero-order chi connectivity index (χ0) is 16.4. The Morgan fingerprint density at radius 2 is 2.09 bits per heavy atom. The third kappa shape index (κ3) is 3.28. The highest BCUT2D eigenvalue weighted by Gasteiger charge is 2.21. The highest BCUT2D eigenvalue weighted by atomic mass is 16.5. The molecule has 1 aromatic carbocycles. The summed E-state index contributed by atoms with van der Waals surface area (Å²) in [6, 6.07) is 7.59. The van der Waals surface area contributed by atoms with Gasteiger partial charge in [-0.15, -0.1) is 10.2 Å². The van der Waals surface area contributed by atoms with Gasteiger partial charge in [-0.05, 0) is 43.2 Å². The van der Waals surface area contributed by atoms with Crippen LogP contribution in [0.4, 0.5) is 5.82 Å². The maximum atomic E-state index is 10.2. The number of morpholine rings is 1. The standard InChI is InChI=1S/C17H21N3O3/c1-11-7-12(2)17(22)14(8-11)15-3-4-16(19-18-15)20-5-6-23-13(9-20)10-21/h3-4,7-8,13,21-22H,5-6,9-10H2,1-2H3/t13-/m0/s1. The molecule has 0 unspecified atom stereocenters. The predicted octanol–water partition coefficient (Wildman–Crippen LogP) is 1.66. The van der Waals surface area contributed by atoms with Crippen molar-refractivity contribution in [2.75, 3.05) is 31.2 Å². The number of aromatic nitrogens is 2. The van der Waals surface area contributed by atoms with Crippen molar-refractivity contribution in [1.29, 1.82) is 0 Å². The Morgan fingerprint density at radius 3 is 2.78 bits per heavy atom. The minimum absolute atomic E-state index is 0.00153. The van der Waals surface area contributed by atoms with Gasteiger partial charge in [0.15, 0.2) is 5.82 Å². The second kappa shape index (κ2) is 6.52. The molecular formula is C17H21N3O3. The van der Waals surface area contributed by atoms with Crippen molar-refractivity contribution in [3.05, 3.63) is 35.4 Å². The molecule has 2 N–H and O–H groups in total. The fourth-order valence-electron chi connectivity index (χ4n) is 2.83. The molecule has 6 heteroatoms. The highest BCUT2D eigenvalue weighted by Crippen LogP contribution is 2.32. The summed E-state index contributed by atoms with van der Waals surface area (Å²) in [5, 5.41) is 28.0. The zero-order valence-corrected chi connectivity index (χ0v) is 13.4. The van der Waals surface area contributed by atoms with Crippen molar-refractivity contribution >= 4 is 5.82 Å². The maximum Gasteiger partial charge on any atom is 0.151 e. The number of anilines is 1. The molecule has 1 atom stereocenters. The van der Waals surface area contributed by atoms with Crippen molar-refractivity contribution in [2.24, 2.45) is 0 Å². The van der Waals surface area contributed by atoms with E-state index in [1.165, 1.54) is 0 Å². The van der Waals surface area contributed by atoms with E-state index < -0.39 is 0 Å². The quantitative estimate of drug-likeness (QED) is 0.897. The Bertz CT molecular complexity index is 688. The van der Waals surface area contributed by atoms with Gasteiger partial charge in [-0.1, -0.05) is 6.07 Å². The summed E-state index contributed by atoms with van der Waals surface area (Å²) in [5.74, 6) is 0.990. The Hall–Kier alpha value is -2.18. The first kappa shape index (κ1) is 15.7. The van der Waals surface area contributed by atoms with E-state index in [0.717, 1.165) is 23.5 Å². The molecule has 1 aromatic heterocycles. The summed E-state index contributed by atoms with van der Waals surface area (Å²) in [7, 11) is 0. The van der Waals surface area contributed by atoms with Crippen molar-refractivity contribution in [2.45, 2.75) is 20.0 Å². The van der Waals surface area contributed by atoms with E-state index in [1.807, 2.05) is 43.0 Å². The minimum Gasteiger partial charge on any atom is -0.507 e. The number of aryl methyl sites for hydroxylation is 2. The third-order valence-electron chi connectivity index (χ3n) is 4.04. The van der Waals surface area contributed by atoms with Crippen molar-refractivity contribution in [3.8, 4) is 17.0 Å². The van der Waals surface area contributed by atoms with E-state index in [0.29, 0.717) is 24.4 Å². The second-order valence-corrected chi connectivity index (χ2v) is 5.88. The average Bonchev–Trinajstić information content (AvgIpc) is 2.58. The van der Waals surface area contributed by atoms with E-state index in [4.69, 9.17) is 4.74 Å². The minimum atomic E-state index is -0.186. The number of aromatic hydroxyl groups is 1. The molecule has 1 aliphatic heterocycles. The van der Waals surface area contributed by atoms with Gasteiger partial charge in [-0.25, -0.2) is 0 Å². The number of aliphatic hydroxyl groups is 1. The summed E-state index contributed by atoms with van der Waals surface area (Å²) >= 11 is 0. The van der Waals surface area contributed by atoms with Gasteiger partial charge in [0.1, 0.15) is 5.75 Å². The van der Waals surface area contributed by atoms with Crippen LogP contribution in [0.3, 0.4) is 0 Å². The number of nitrogens with zero attached hydrogens (tertiary/aromatic N) is 3. The molecule has 0 radical (unpaired) electrons. The Kier molecular flexibility index (Phi) is 4.45. The number of hydrogen-bond acceptors (Lipinski definition) is 6. The predicted molar refractivity (Wildman–Crippen MR) is 87.6 cm³/mol. The molecule has 0 saturated carbocycles. The molecule has 6 nitrogen and oxygen atoms in total. The van der Waals surface area contributed by atoms with Crippen LogP contribution in [0.5, 0.6) is 5.75 Å². The first-order chi connectivity index (χ1) is 11.1. The van der Waals surface area contributed by atoms with E-state index in [2.05, 4.69) is 10.2 Å². The number of phenolic OH excluding ortho intramolecular Hbond substituents is 1. The molecule has 122 valence electrons. The molecule has 3 rings (SSSR count). The monoisotopic (exact) mass is 315 g/mol. The zero-order valence-electron chi connectivity index (χ0n) is 13.4. The second-order valence-electron chi connectivity index (χ2n) is 5.88. The van der Waals surface area contributed by atoms with Crippen LogP contribution in [0.25, 0.3) is 11.3 Å². The average molecular weight is 315 g/mol. The van der Waals surface area contributed by atoms with Gasteiger partial charge in [0, 0.05) is 18.7 Å². The van der Waals surface area contributed by atoms with Crippen LogP contribution in [-0.2, 0) is 4.74 Å². The molecule has 2 heterocycles. The van der Waals surface area contributed by atoms with Crippen LogP contribution in [0.2, 0.25) is 0 Å². The fraction of sp³-hybridized carbons (Fsp3) is 0.412. The van der Waals surface area contributed by atoms with E-state index in [-0.39, 0.29) is 18.5 Å². The molecule has 2 aromatic rings. The smallest absolute Gasteiger partial charge is 0.151 e. The summed E-state index contributed by atoms with van der Waals surface area (Å²) in [6.45, 7) is 5.74. The van der Waals surface area contributed by atoms with Gasteiger partial charge in [0.25, 0.3) is 0 Å². The number of phenols is 1. The largest absolute Gasteiger partial charge is 0.507 e. The molecule has 0 amide bonds. The van der Waals surface area contributed by atoms with Crippen LogP contribution < -0.4 is 4.90 Å². The highest BCUT2D eigenvalue weighted by molar-refractivity contribution is 5.69. The van der Waals surface area contributed by atoms with E-state index >= 15 is 0 Å². The van der Waals surface area contributed by atoms with Crippen LogP contribution in [0, 0.1) is 13.8 Å². The van der Waals surface area contributed by atoms with E-state index in [9.17, 15) is 10.2 Å². The molecule has 1 aliphatic rings. The SMILES string of the molecule is Cc1cc(C)c(O)c(-c2ccc(N3CCO[C@H](CO)C3)nn2)c1. The maximum absolute atomic E-state index is 10.2. The number of aliphatic hydroxyl groups excluding tert-OH is 1. The molecule has 1 saturated heterocycles. The number of ether oxygens (including phenoxy) is 1. The van der Waals surface area contributed by atoms with Gasteiger partial charge in [0.2, 0.25) is 0 Å². The lowest BCUT2D eigenvalue weighted by atomic mass is 10.0. The molecule has 23 heavy (non-hydrogen) atoms. The van der Waals surface area contributed by atoms with Crippen molar-refractivity contribution < 1.29 is 14.9 Å². The number of rotatable bonds is 3. The third-order valence-corrected chi connectivity index (χ3v) is 4.04. The molecule has 0 bridgehead atoms. The van der Waals surface area contributed by atoms with Gasteiger partial charge < -0.3 is 19.8 Å². The van der Waals surface area contributed by atoms with E-state index in [1.54, 1.807) is 0 Å². The molecular weight excluding hydrogens is 294 g/mol. The van der Waals surface area contributed by atoms with Crippen LogP contribution in [-0.4, -0.2) is 52.8 Å². The molecule has 0 aliphatic carbocycles. The van der Waals surface area contributed by atoms with Gasteiger partial charge in [-0.2, -0.15) is 0 Å². The lowest BCUT2D eigenvalue weighted by Crippen LogP contribution is -2.44.